The zero-order valence-electron chi connectivity index (χ0n) is 10.5. The van der Waals surface area contributed by atoms with Gasteiger partial charge in [0.05, 0.1) is 6.10 Å². The zero-order valence-corrected chi connectivity index (χ0v) is 10.5. The van der Waals surface area contributed by atoms with Crippen molar-refractivity contribution in [1.29, 1.82) is 0 Å². The van der Waals surface area contributed by atoms with Gasteiger partial charge in [-0.2, -0.15) is 0 Å². The molecule has 0 aliphatic rings. The molecule has 0 saturated carbocycles. The molecule has 1 N–H and O–H groups in total. The highest BCUT2D eigenvalue weighted by molar-refractivity contribution is 4.82. The molecule has 1 heteroatoms. The molecule has 0 aromatic rings. The van der Waals surface area contributed by atoms with E-state index < -0.39 is 0 Å². The van der Waals surface area contributed by atoms with Crippen LogP contribution in [0.3, 0.4) is 0 Å². The molecule has 0 saturated heterocycles. The second-order valence-electron chi connectivity index (χ2n) is 4.40. The Morgan fingerprint density at radius 1 is 1.06 bits per heavy atom. The third-order valence-corrected chi connectivity index (χ3v) is 2.80. The molecule has 0 aliphatic carbocycles. The van der Waals surface area contributed by atoms with Crippen LogP contribution in [0, 0.1) is 12.3 Å². The van der Waals surface area contributed by atoms with Crippen LogP contribution in [0.5, 0.6) is 0 Å². The maximum absolute atomic E-state index is 9.46. The van der Waals surface area contributed by atoms with E-state index in [2.05, 4.69) is 12.5 Å². The van der Waals surface area contributed by atoms with Gasteiger partial charge in [-0.15, -0.1) is 18.9 Å². The normalized spacial score (nSPS) is 12.0. The summed E-state index contributed by atoms with van der Waals surface area (Å²) >= 11 is 0. The standard InChI is InChI=1S/C15H26O/c1-3-5-6-7-8-9-10-11-12-14-15(16)13-4-2/h1,4,15-16H,2,5-14H2/t15-/m1/s1. The van der Waals surface area contributed by atoms with E-state index >= 15 is 0 Å². The van der Waals surface area contributed by atoms with Crippen molar-refractivity contribution in [2.75, 3.05) is 0 Å². The van der Waals surface area contributed by atoms with E-state index in [1.54, 1.807) is 6.08 Å². The zero-order chi connectivity index (χ0) is 12.1. The van der Waals surface area contributed by atoms with Crippen molar-refractivity contribution >= 4 is 0 Å². The lowest BCUT2D eigenvalue weighted by atomic mass is 10.0. The SMILES string of the molecule is C#CCCCCCCCCC[C@H](O)CC=C. The summed E-state index contributed by atoms with van der Waals surface area (Å²) in [5, 5.41) is 9.46. The highest BCUT2D eigenvalue weighted by Gasteiger charge is 2.00. The molecule has 0 spiro atoms. The fourth-order valence-electron chi connectivity index (χ4n) is 1.80. The molecule has 0 bridgehead atoms. The summed E-state index contributed by atoms with van der Waals surface area (Å²) in [6.45, 7) is 3.62. The molecule has 0 aromatic heterocycles. The van der Waals surface area contributed by atoms with E-state index in [1.807, 2.05) is 0 Å². The largest absolute Gasteiger partial charge is 0.393 e. The fourth-order valence-corrected chi connectivity index (χ4v) is 1.80. The van der Waals surface area contributed by atoms with E-state index in [0.29, 0.717) is 0 Å². The van der Waals surface area contributed by atoms with Crippen molar-refractivity contribution in [1.82, 2.24) is 0 Å². The fraction of sp³-hybridized carbons (Fsp3) is 0.733. The number of terminal acetylenes is 1. The third-order valence-electron chi connectivity index (χ3n) is 2.80. The van der Waals surface area contributed by atoms with Gasteiger partial charge in [-0.1, -0.05) is 44.6 Å². The molecular formula is C15H26O. The van der Waals surface area contributed by atoms with Gasteiger partial charge >= 0.3 is 0 Å². The van der Waals surface area contributed by atoms with Crippen LogP contribution in [0.1, 0.15) is 64.2 Å². The summed E-state index contributed by atoms with van der Waals surface area (Å²) in [5.74, 6) is 2.67. The lowest BCUT2D eigenvalue weighted by Crippen LogP contribution is -2.03. The van der Waals surface area contributed by atoms with Gasteiger partial charge in [0.25, 0.3) is 0 Å². The van der Waals surface area contributed by atoms with Gasteiger partial charge in [0, 0.05) is 6.42 Å². The van der Waals surface area contributed by atoms with Gasteiger partial charge in [-0.3, -0.25) is 0 Å². The van der Waals surface area contributed by atoms with Crippen LogP contribution < -0.4 is 0 Å². The number of aliphatic hydroxyl groups excluding tert-OH is 1. The first-order chi connectivity index (χ1) is 7.81. The Morgan fingerprint density at radius 2 is 1.62 bits per heavy atom. The maximum Gasteiger partial charge on any atom is 0.0574 e. The Bertz CT molecular complexity index is 190. The minimum Gasteiger partial charge on any atom is -0.393 e. The van der Waals surface area contributed by atoms with Gasteiger partial charge in [0.15, 0.2) is 0 Å². The Kier molecular flexibility index (Phi) is 11.8. The lowest BCUT2D eigenvalue weighted by molar-refractivity contribution is 0.164. The summed E-state index contributed by atoms with van der Waals surface area (Å²) in [6.07, 6.45) is 18.1. The Hall–Kier alpha value is -0.740. The summed E-state index contributed by atoms with van der Waals surface area (Å²) < 4.78 is 0. The molecule has 0 radical (unpaired) electrons. The molecule has 0 heterocycles. The first kappa shape index (κ1) is 15.3. The van der Waals surface area contributed by atoms with Crippen molar-refractivity contribution in [2.24, 2.45) is 0 Å². The molecule has 0 unspecified atom stereocenters. The van der Waals surface area contributed by atoms with Crippen LogP contribution in [0.4, 0.5) is 0 Å². The third kappa shape index (κ3) is 11.3. The number of hydrogen-bond donors (Lipinski definition) is 1. The van der Waals surface area contributed by atoms with E-state index in [1.165, 1.54) is 38.5 Å². The topological polar surface area (TPSA) is 20.2 Å². The Labute approximate surface area is 101 Å². The molecule has 1 nitrogen and oxygen atoms in total. The predicted molar refractivity (Wildman–Crippen MR) is 71.2 cm³/mol. The van der Waals surface area contributed by atoms with Crippen molar-refractivity contribution in [3.8, 4) is 12.3 Å². The maximum atomic E-state index is 9.46. The summed E-state index contributed by atoms with van der Waals surface area (Å²) in [6, 6.07) is 0. The van der Waals surface area contributed by atoms with Crippen molar-refractivity contribution in [3.63, 3.8) is 0 Å². The van der Waals surface area contributed by atoms with Crippen LogP contribution in [0.2, 0.25) is 0 Å². The van der Waals surface area contributed by atoms with E-state index in [-0.39, 0.29) is 6.10 Å². The highest BCUT2D eigenvalue weighted by atomic mass is 16.3. The first-order valence-electron chi connectivity index (χ1n) is 6.53. The van der Waals surface area contributed by atoms with Crippen LogP contribution in [0.25, 0.3) is 0 Å². The molecule has 16 heavy (non-hydrogen) atoms. The number of aliphatic hydroxyl groups is 1. The lowest BCUT2D eigenvalue weighted by Gasteiger charge is -2.07. The van der Waals surface area contributed by atoms with Crippen LogP contribution >= 0.6 is 0 Å². The highest BCUT2D eigenvalue weighted by Crippen LogP contribution is 2.11. The molecule has 1 atom stereocenters. The van der Waals surface area contributed by atoms with E-state index in [0.717, 1.165) is 25.7 Å². The Morgan fingerprint density at radius 3 is 2.19 bits per heavy atom. The monoisotopic (exact) mass is 222 g/mol. The van der Waals surface area contributed by atoms with Gasteiger partial charge < -0.3 is 5.11 Å². The predicted octanol–water partition coefficient (Wildman–Crippen LogP) is 4.07. The quantitative estimate of drug-likeness (QED) is 0.317. The Balaban J connectivity index is 3.04. The smallest absolute Gasteiger partial charge is 0.0574 e. The van der Waals surface area contributed by atoms with Crippen LogP contribution in [0.15, 0.2) is 12.7 Å². The van der Waals surface area contributed by atoms with Crippen LogP contribution in [-0.4, -0.2) is 11.2 Å². The van der Waals surface area contributed by atoms with E-state index in [4.69, 9.17) is 6.42 Å². The average Bonchev–Trinajstić information content (AvgIpc) is 2.27. The summed E-state index contributed by atoms with van der Waals surface area (Å²) in [5.41, 5.74) is 0. The molecule has 0 aliphatic heterocycles. The van der Waals surface area contributed by atoms with Crippen molar-refractivity contribution in [2.45, 2.75) is 70.3 Å². The van der Waals surface area contributed by atoms with Crippen molar-refractivity contribution < 1.29 is 5.11 Å². The molecule has 0 fully saturated rings. The minimum absolute atomic E-state index is 0.173. The molecule has 0 aromatic carbocycles. The first-order valence-corrected chi connectivity index (χ1v) is 6.53. The van der Waals surface area contributed by atoms with Gasteiger partial charge in [-0.25, -0.2) is 0 Å². The average molecular weight is 222 g/mol. The molecule has 92 valence electrons. The second kappa shape index (κ2) is 12.3. The molecule has 0 rings (SSSR count). The summed E-state index contributed by atoms with van der Waals surface area (Å²) in [7, 11) is 0. The molecule has 0 amide bonds. The number of unbranched alkanes of at least 4 members (excludes halogenated alkanes) is 7. The number of hydrogen-bond acceptors (Lipinski definition) is 1. The van der Waals surface area contributed by atoms with Gasteiger partial charge in [0.1, 0.15) is 0 Å². The summed E-state index contributed by atoms with van der Waals surface area (Å²) in [4.78, 5) is 0. The minimum atomic E-state index is -0.173. The van der Waals surface area contributed by atoms with E-state index in [9.17, 15) is 5.11 Å². The van der Waals surface area contributed by atoms with Gasteiger partial charge in [-0.05, 0) is 19.3 Å². The second-order valence-corrected chi connectivity index (χ2v) is 4.40. The molecular weight excluding hydrogens is 196 g/mol. The van der Waals surface area contributed by atoms with Crippen molar-refractivity contribution in [3.05, 3.63) is 12.7 Å². The van der Waals surface area contributed by atoms with Gasteiger partial charge in [0.2, 0.25) is 0 Å². The number of rotatable bonds is 11. The van der Waals surface area contributed by atoms with Crippen LogP contribution in [-0.2, 0) is 0 Å².